The van der Waals surface area contributed by atoms with Gasteiger partial charge in [-0.05, 0) is 26.3 Å². The van der Waals surface area contributed by atoms with Gasteiger partial charge in [-0.15, -0.1) is 0 Å². The first kappa shape index (κ1) is 12.8. The lowest BCUT2D eigenvalue weighted by atomic mass is 10.2. The Bertz CT molecular complexity index is 461. The topological polar surface area (TPSA) is 60.6 Å². The highest BCUT2D eigenvalue weighted by Gasteiger charge is 2.13. The van der Waals surface area contributed by atoms with Crippen LogP contribution in [0.2, 0.25) is 0 Å². The van der Waals surface area contributed by atoms with Gasteiger partial charge in [-0.25, -0.2) is 4.98 Å². The van der Waals surface area contributed by atoms with E-state index in [1.807, 2.05) is 15.6 Å². The van der Waals surface area contributed by atoms with Gasteiger partial charge in [0.05, 0.1) is 18.8 Å². The Morgan fingerprint density at radius 1 is 1.33 bits per heavy atom. The summed E-state index contributed by atoms with van der Waals surface area (Å²) in [6.07, 6.45) is 7.24. The Labute approximate surface area is 107 Å². The lowest BCUT2D eigenvalue weighted by molar-refractivity contribution is 0.358. The molecular formula is C12H20N6. The van der Waals surface area contributed by atoms with Gasteiger partial charge < -0.3 is 5.32 Å². The molecular weight excluding hydrogens is 228 g/mol. The summed E-state index contributed by atoms with van der Waals surface area (Å²) in [5.41, 5.74) is 1.19. The van der Waals surface area contributed by atoms with Gasteiger partial charge in [0.2, 0.25) is 0 Å². The summed E-state index contributed by atoms with van der Waals surface area (Å²) in [6.45, 7) is 8.09. The number of nitrogens with one attached hydrogen (secondary N) is 1. The largest absolute Gasteiger partial charge is 0.310 e. The summed E-state index contributed by atoms with van der Waals surface area (Å²) in [7, 11) is 0. The molecule has 6 nitrogen and oxygen atoms in total. The molecule has 6 heteroatoms. The van der Waals surface area contributed by atoms with Crippen molar-refractivity contribution >= 4 is 0 Å². The summed E-state index contributed by atoms with van der Waals surface area (Å²) in [4.78, 5) is 3.92. The van der Waals surface area contributed by atoms with Crippen molar-refractivity contribution in [2.75, 3.05) is 6.54 Å². The van der Waals surface area contributed by atoms with Gasteiger partial charge in [-0.1, -0.05) is 0 Å². The molecule has 2 aromatic heterocycles. The molecule has 0 aliphatic rings. The van der Waals surface area contributed by atoms with Gasteiger partial charge >= 0.3 is 0 Å². The molecule has 0 spiro atoms. The summed E-state index contributed by atoms with van der Waals surface area (Å²) >= 11 is 0. The number of rotatable bonds is 6. The fraction of sp³-hybridized carbons (Fsp3) is 0.583. The van der Waals surface area contributed by atoms with E-state index in [9.17, 15) is 0 Å². The normalized spacial score (nSPS) is 14.6. The fourth-order valence-corrected chi connectivity index (χ4v) is 1.81. The fourth-order valence-electron chi connectivity index (χ4n) is 1.81. The zero-order chi connectivity index (χ0) is 13.0. The van der Waals surface area contributed by atoms with Crippen molar-refractivity contribution in [3.05, 3.63) is 30.6 Å². The van der Waals surface area contributed by atoms with Crippen LogP contribution in [0.5, 0.6) is 0 Å². The van der Waals surface area contributed by atoms with Crippen molar-refractivity contribution in [3.8, 4) is 0 Å². The molecule has 2 aromatic rings. The van der Waals surface area contributed by atoms with Crippen LogP contribution in [-0.2, 0) is 6.54 Å². The van der Waals surface area contributed by atoms with Crippen LogP contribution in [0.1, 0.15) is 25.5 Å². The van der Waals surface area contributed by atoms with E-state index in [4.69, 9.17) is 0 Å². The van der Waals surface area contributed by atoms with Crippen molar-refractivity contribution in [1.29, 1.82) is 0 Å². The van der Waals surface area contributed by atoms with E-state index in [2.05, 4.69) is 47.5 Å². The molecule has 0 aromatic carbocycles. The molecule has 0 radical (unpaired) electrons. The van der Waals surface area contributed by atoms with Crippen LogP contribution < -0.4 is 5.32 Å². The molecule has 0 aliphatic carbocycles. The minimum atomic E-state index is 0.328. The number of hydrogen-bond donors (Lipinski definition) is 1. The smallest absolute Gasteiger partial charge is 0.137 e. The van der Waals surface area contributed by atoms with Crippen molar-refractivity contribution in [2.45, 2.75) is 39.4 Å². The van der Waals surface area contributed by atoms with E-state index >= 15 is 0 Å². The maximum atomic E-state index is 4.34. The summed E-state index contributed by atoms with van der Waals surface area (Å²) in [6, 6.07) is 0.683. The quantitative estimate of drug-likeness (QED) is 0.829. The molecule has 0 saturated carbocycles. The molecule has 2 atom stereocenters. The van der Waals surface area contributed by atoms with Crippen molar-refractivity contribution in [3.63, 3.8) is 0 Å². The Hall–Kier alpha value is -1.69. The molecule has 18 heavy (non-hydrogen) atoms. The molecule has 0 saturated heterocycles. The van der Waals surface area contributed by atoms with Crippen LogP contribution in [0, 0.1) is 6.92 Å². The number of aromatic nitrogens is 5. The molecule has 1 N–H and O–H groups in total. The lowest BCUT2D eigenvalue weighted by Crippen LogP contribution is -2.36. The SMILES string of the molecule is Cc1cnn([C@@H](C)[C@H](C)NCCn2cncn2)c1. The predicted octanol–water partition coefficient (Wildman–Crippen LogP) is 1.02. The van der Waals surface area contributed by atoms with E-state index in [0.29, 0.717) is 12.1 Å². The highest BCUT2D eigenvalue weighted by molar-refractivity contribution is 5.00. The summed E-state index contributed by atoms with van der Waals surface area (Å²) in [5.74, 6) is 0. The van der Waals surface area contributed by atoms with Gasteiger partial charge in [0.15, 0.2) is 0 Å². The minimum absolute atomic E-state index is 0.328. The zero-order valence-corrected chi connectivity index (χ0v) is 11.1. The van der Waals surface area contributed by atoms with E-state index in [0.717, 1.165) is 13.1 Å². The first-order valence-corrected chi connectivity index (χ1v) is 6.23. The second-order valence-corrected chi connectivity index (χ2v) is 4.64. The standard InChI is InChI=1S/C12H20N6/c1-10-6-15-18(7-10)12(3)11(2)14-4-5-17-9-13-8-16-17/h6-9,11-12,14H,4-5H2,1-3H3/t11-,12-/m0/s1. The number of aryl methyl sites for hydroxylation is 1. The van der Waals surface area contributed by atoms with Crippen LogP contribution in [0.25, 0.3) is 0 Å². The molecule has 0 aliphatic heterocycles. The van der Waals surface area contributed by atoms with Crippen LogP contribution in [0.3, 0.4) is 0 Å². The maximum absolute atomic E-state index is 4.34. The highest BCUT2D eigenvalue weighted by atomic mass is 15.3. The molecule has 2 heterocycles. The average molecular weight is 248 g/mol. The van der Waals surface area contributed by atoms with Gasteiger partial charge in [0.25, 0.3) is 0 Å². The maximum Gasteiger partial charge on any atom is 0.137 e. The van der Waals surface area contributed by atoms with Gasteiger partial charge in [-0.3, -0.25) is 9.36 Å². The van der Waals surface area contributed by atoms with E-state index in [-0.39, 0.29) is 0 Å². The third kappa shape index (κ3) is 3.16. The number of hydrogen-bond acceptors (Lipinski definition) is 4. The summed E-state index contributed by atoms with van der Waals surface area (Å²) < 4.78 is 3.82. The monoisotopic (exact) mass is 248 g/mol. The Kier molecular flexibility index (Phi) is 4.09. The minimum Gasteiger partial charge on any atom is -0.310 e. The molecule has 0 amide bonds. The van der Waals surface area contributed by atoms with Crippen molar-refractivity contribution in [1.82, 2.24) is 29.9 Å². The Morgan fingerprint density at radius 3 is 2.78 bits per heavy atom. The third-order valence-corrected chi connectivity index (χ3v) is 3.15. The molecule has 0 bridgehead atoms. The average Bonchev–Trinajstić information content (AvgIpc) is 2.99. The summed E-state index contributed by atoms with van der Waals surface area (Å²) in [5, 5.41) is 11.9. The Balaban J connectivity index is 1.79. The molecule has 0 fully saturated rings. The van der Waals surface area contributed by atoms with E-state index < -0.39 is 0 Å². The van der Waals surface area contributed by atoms with Crippen LogP contribution in [0.15, 0.2) is 25.0 Å². The van der Waals surface area contributed by atoms with Gasteiger partial charge in [0, 0.05) is 18.8 Å². The van der Waals surface area contributed by atoms with Crippen LogP contribution in [-0.4, -0.2) is 37.1 Å². The third-order valence-electron chi connectivity index (χ3n) is 3.15. The van der Waals surface area contributed by atoms with Crippen molar-refractivity contribution in [2.24, 2.45) is 0 Å². The first-order chi connectivity index (χ1) is 8.66. The Morgan fingerprint density at radius 2 is 2.17 bits per heavy atom. The molecule has 0 unspecified atom stereocenters. The van der Waals surface area contributed by atoms with Gasteiger partial charge in [0.1, 0.15) is 12.7 Å². The first-order valence-electron chi connectivity index (χ1n) is 6.23. The van der Waals surface area contributed by atoms with Crippen LogP contribution in [0.4, 0.5) is 0 Å². The predicted molar refractivity (Wildman–Crippen MR) is 69.2 cm³/mol. The molecule has 2 rings (SSSR count). The zero-order valence-electron chi connectivity index (χ0n) is 11.1. The second-order valence-electron chi connectivity index (χ2n) is 4.64. The van der Waals surface area contributed by atoms with Crippen LogP contribution >= 0.6 is 0 Å². The highest BCUT2D eigenvalue weighted by Crippen LogP contribution is 2.10. The van der Waals surface area contributed by atoms with Gasteiger partial charge in [-0.2, -0.15) is 10.2 Å². The van der Waals surface area contributed by atoms with E-state index in [1.165, 1.54) is 5.56 Å². The lowest BCUT2D eigenvalue weighted by Gasteiger charge is -2.21. The van der Waals surface area contributed by atoms with Crippen molar-refractivity contribution < 1.29 is 0 Å². The van der Waals surface area contributed by atoms with E-state index in [1.54, 1.807) is 12.7 Å². The molecule has 98 valence electrons. The second kappa shape index (κ2) is 5.77. The number of nitrogens with zero attached hydrogens (tertiary/aromatic N) is 5.